The smallest absolute Gasteiger partial charge is 0.306 e. The number of ether oxygens (including phenoxy) is 1. The highest BCUT2D eigenvalue weighted by atomic mass is 16.6. The van der Waals surface area contributed by atoms with Crippen LogP contribution in [0.3, 0.4) is 0 Å². The first-order valence-electron chi connectivity index (χ1n) is 5.15. The molecule has 90 valence electrons. The van der Waals surface area contributed by atoms with E-state index in [1.807, 2.05) is 0 Å². The summed E-state index contributed by atoms with van der Waals surface area (Å²) in [6.07, 6.45) is 5.29. The molecule has 0 rings (SSSR count). The lowest BCUT2D eigenvalue weighted by atomic mass is 10.2. The van der Waals surface area contributed by atoms with E-state index in [0.29, 0.717) is 0 Å². The van der Waals surface area contributed by atoms with E-state index in [1.165, 1.54) is 4.90 Å². The summed E-state index contributed by atoms with van der Waals surface area (Å²) in [6, 6.07) is 0. The van der Waals surface area contributed by atoms with Gasteiger partial charge in [-0.25, -0.2) is 0 Å². The molecule has 0 bridgehead atoms. The number of carbonyl (C=O) groups excluding carboxylic acids is 2. The van der Waals surface area contributed by atoms with Crippen LogP contribution in [0, 0.1) is 12.3 Å². The van der Waals surface area contributed by atoms with E-state index in [9.17, 15) is 9.59 Å². The Bertz CT molecular complexity index is 296. The van der Waals surface area contributed by atoms with Crippen molar-refractivity contribution in [3.05, 3.63) is 0 Å². The molecule has 4 nitrogen and oxygen atoms in total. The Morgan fingerprint density at radius 1 is 1.31 bits per heavy atom. The maximum atomic E-state index is 11.4. The molecule has 4 heteroatoms. The zero-order valence-corrected chi connectivity index (χ0v) is 10.4. The first-order valence-corrected chi connectivity index (χ1v) is 5.15. The first-order chi connectivity index (χ1) is 7.26. The van der Waals surface area contributed by atoms with Gasteiger partial charge in [0, 0.05) is 13.5 Å². The van der Waals surface area contributed by atoms with Crippen molar-refractivity contribution in [1.29, 1.82) is 0 Å². The molecular formula is C12H19NO3. The number of hydrogen-bond donors (Lipinski definition) is 0. The van der Waals surface area contributed by atoms with Crippen molar-refractivity contribution in [2.75, 3.05) is 13.6 Å². The average molecular weight is 225 g/mol. The van der Waals surface area contributed by atoms with Gasteiger partial charge in [-0.15, -0.1) is 6.42 Å². The molecule has 0 unspecified atom stereocenters. The summed E-state index contributed by atoms with van der Waals surface area (Å²) >= 11 is 0. The van der Waals surface area contributed by atoms with Crippen molar-refractivity contribution < 1.29 is 14.3 Å². The molecule has 0 N–H and O–H groups in total. The Morgan fingerprint density at radius 3 is 2.31 bits per heavy atom. The second-order valence-corrected chi connectivity index (χ2v) is 4.54. The van der Waals surface area contributed by atoms with Crippen LogP contribution in [0.25, 0.3) is 0 Å². The predicted molar refractivity (Wildman–Crippen MR) is 61.5 cm³/mol. The molecule has 0 radical (unpaired) electrons. The van der Waals surface area contributed by atoms with Crippen molar-refractivity contribution in [3.8, 4) is 12.3 Å². The zero-order chi connectivity index (χ0) is 12.8. The fourth-order valence-corrected chi connectivity index (χ4v) is 1.02. The van der Waals surface area contributed by atoms with Crippen LogP contribution < -0.4 is 0 Å². The quantitative estimate of drug-likeness (QED) is 0.533. The van der Waals surface area contributed by atoms with Crippen LogP contribution in [0.15, 0.2) is 0 Å². The summed E-state index contributed by atoms with van der Waals surface area (Å²) in [6.45, 7) is 5.62. The van der Waals surface area contributed by atoms with E-state index in [1.54, 1.807) is 27.8 Å². The van der Waals surface area contributed by atoms with Crippen LogP contribution in [0.4, 0.5) is 0 Å². The van der Waals surface area contributed by atoms with Gasteiger partial charge in [-0.2, -0.15) is 0 Å². The lowest BCUT2D eigenvalue weighted by molar-refractivity contribution is -0.156. The highest BCUT2D eigenvalue weighted by molar-refractivity contribution is 5.81. The van der Waals surface area contributed by atoms with Gasteiger partial charge in [0.05, 0.1) is 13.0 Å². The SMILES string of the molecule is C#CCN(C)C(=O)CCC(=O)OC(C)(C)C. The van der Waals surface area contributed by atoms with E-state index < -0.39 is 5.60 Å². The molecule has 0 saturated carbocycles. The van der Waals surface area contributed by atoms with E-state index in [2.05, 4.69) is 5.92 Å². The maximum absolute atomic E-state index is 11.4. The number of esters is 1. The van der Waals surface area contributed by atoms with Crippen molar-refractivity contribution in [1.82, 2.24) is 4.90 Å². The van der Waals surface area contributed by atoms with E-state index in [4.69, 9.17) is 11.2 Å². The minimum Gasteiger partial charge on any atom is -0.460 e. The molecular weight excluding hydrogens is 206 g/mol. The lowest BCUT2D eigenvalue weighted by Gasteiger charge is -2.20. The fraction of sp³-hybridized carbons (Fsp3) is 0.667. The minimum atomic E-state index is -0.509. The van der Waals surface area contributed by atoms with Gasteiger partial charge in [-0.3, -0.25) is 9.59 Å². The molecule has 1 amide bonds. The number of nitrogens with zero attached hydrogens (tertiary/aromatic N) is 1. The topological polar surface area (TPSA) is 46.6 Å². The Kier molecular flexibility index (Phi) is 5.59. The molecule has 0 aromatic rings. The second-order valence-electron chi connectivity index (χ2n) is 4.54. The molecule has 0 aliphatic rings. The van der Waals surface area contributed by atoms with Gasteiger partial charge in [0.1, 0.15) is 5.60 Å². The summed E-state index contributed by atoms with van der Waals surface area (Å²) in [5, 5.41) is 0. The van der Waals surface area contributed by atoms with Gasteiger partial charge in [0.25, 0.3) is 0 Å². The molecule has 0 aromatic heterocycles. The summed E-state index contributed by atoms with van der Waals surface area (Å²) in [5.41, 5.74) is -0.509. The average Bonchev–Trinajstić information content (AvgIpc) is 2.11. The highest BCUT2D eigenvalue weighted by Gasteiger charge is 2.17. The molecule has 0 aromatic carbocycles. The highest BCUT2D eigenvalue weighted by Crippen LogP contribution is 2.09. The lowest BCUT2D eigenvalue weighted by Crippen LogP contribution is -2.29. The van der Waals surface area contributed by atoms with E-state index in [0.717, 1.165) is 0 Å². The zero-order valence-electron chi connectivity index (χ0n) is 10.4. The van der Waals surface area contributed by atoms with Gasteiger partial charge in [0.15, 0.2) is 0 Å². The third kappa shape index (κ3) is 6.88. The van der Waals surface area contributed by atoms with Gasteiger partial charge >= 0.3 is 5.97 Å². The summed E-state index contributed by atoms with van der Waals surface area (Å²) in [7, 11) is 1.61. The predicted octanol–water partition coefficient (Wildman–Crippen LogP) is 1.20. The Hall–Kier alpha value is -1.50. The van der Waals surface area contributed by atoms with Crippen molar-refractivity contribution in [3.63, 3.8) is 0 Å². The van der Waals surface area contributed by atoms with Crippen LogP contribution in [0.1, 0.15) is 33.6 Å². The normalized spacial score (nSPS) is 10.4. The number of carbonyl (C=O) groups is 2. The van der Waals surface area contributed by atoms with Crippen LogP contribution in [0.5, 0.6) is 0 Å². The summed E-state index contributed by atoms with van der Waals surface area (Å²) in [4.78, 5) is 24.1. The Morgan fingerprint density at radius 2 is 1.88 bits per heavy atom. The first kappa shape index (κ1) is 14.5. The molecule has 0 heterocycles. The van der Waals surface area contributed by atoms with Crippen molar-refractivity contribution in [2.24, 2.45) is 0 Å². The van der Waals surface area contributed by atoms with Gasteiger partial charge in [0.2, 0.25) is 5.91 Å². The Labute approximate surface area is 96.9 Å². The summed E-state index contributed by atoms with van der Waals surface area (Å²) < 4.78 is 5.08. The second kappa shape index (κ2) is 6.16. The van der Waals surface area contributed by atoms with Crippen molar-refractivity contribution in [2.45, 2.75) is 39.2 Å². The van der Waals surface area contributed by atoms with Crippen molar-refractivity contribution >= 4 is 11.9 Å². The third-order valence-electron chi connectivity index (χ3n) is 1.72. The number of amides is 1. The molecule has 0 aliphatic carbocycles. The molecule has 0 saturated heterocycles. The molecule has 16 heavy (non-hydrogen) atoms. The van der Waals surface area contributed by atoms with Gasteiger partial charge < -0.3 is 9.64 Å². The standard InChI is InChI=1S/C12H19NO3/c1-6-9-13(5)10(14)7-8-11(15)16-12(2,3)4/h1H,7-9H2,2-5H3. The molecule has 0 fully saturated rings. The van der Waals surface area contributed by atoms with E-state index >= 15 is 0 Å². The minimum absolute atomic E-state index is 0.0883. The molecule has 0 atom stereocenters. The van der Waals surface area contributed by atoms with Crippen LogP contribution in [0.2, 0.25) is 0 Å². The molecule has 0 aliphatic heterocycles. The van der Waals surface area contributed by atoms with Gasteiger partial charge in [-0.05, 0) is 20.8 Å². The fourth-order valence-electron chi connectivity index (χ4n) is 1.02. The molecule has 0 spiro atoms. The van der Waals surface area contributed by atoms with Crippen LogP contribution >= 0.6 is 0 Å². The van der Waals surface area contributed by atoms with Crippen LogP contribution in [-0.2, 0) is 14.3 Å². The number of hydrogen-bond acceptors (Lipinski definition) is 3. The van der Waals surface area contributed by atoms with Crippen LogP contribution in [-0.4, -0.2) is 36.0 Å². The van der Waals surface area contributed by atoms with E-state index in [-0.39, 0.29) is 31.3 Å². The largest absolute Gasteiger partial charge is 0.460 e. The monoisotopic (exact) mass is 225 g/mol. The van der Waals surface area contributed by atoms with Gasteiger partial charge in [-0.1, -0.05) is 5.92 Å². The third-order valence-corrected chi connectivity index (χ3v) is 1.72. The Balaban J connectivity index is 3.94. The number of terminal acetylenes is 1. The summed E-state index contributed by atoms with van der Waals surface area (Å²) in [5.74, 6) is 1.85. The number of rotatable bonds is 4. The maximum Gasteiger partial charge on any atom is 0.306 e.